The van der Waals surface area contributed by atoms with Gasteiger partial charge >= 0.3 is 0 Å². The number of halogens is 1. The van der Waals surface area contributed by atoms with Gasteiger partial charge in [0, 0.05) is 39.4 Å². The van der Waals surface area contributed by atoms with E-state index < -0.39 is 0 Å². The molecule has 0 aliphatic rings. The Morgan fingerprint density at radius 3 is 2.84 bits per heavy atom. The van der Waals surface area contributed by atoms with E-state index >= 15 is 0 Å². The number of fused-ring (bicyclic) bond motifs is 1. The van der Waals surface area contributed by atoms with Crippen molar-refractivity contribution in [3.05, 3.63) is 11.5 Å². The number of carbonyl (C=O) groups excluding carboxylic acids is 1. The van der Waals surface area contributed by atoms with Gasteiger partial charge in [-0.1, -0.05) is 0 Å². The van der Waals surface area contributed by atoms with E-state index in [1.807, 2.05) is 18.5 Å². The third kappa shape index (κ3) is 2.58. The normalized spacial score (nSPS) is 11.2. The van der Waals surface area contributed by atoms with E-state index in [4.69, 9.17) is 11.6 Å². The second kappa shape index (κ2) is 5.61. The summed E-state index contributed by atoms with van der Waals surface area (Å²) in [6.07, 6.45) is 1.10. The number of carbonyl (C=O) groups is 1. The van der Waals surface area contributed by atoms with Crippen molar-refractivity contribution in [1.29, 1.82) is 0 Å². The average molecular weight is 284 g/mol. The van der Waals surface area contributed by atoms with Crippen molar-refractivity contribution in [1.82, 2.24) is 24.6 Å². The third-order valence-electron chi connectivity index (χ3n) is 3.13. The fraction of sp³-hybridized carbons (Fsp3) is 0.583. The number of amides is 1. The average Bonchev–Trinajstić information content (AvgIpc) is 2.87. The van der Waals surface area contributed by atoms with Gasteiger partial charge in [0.2, 0.25) is 5.91 Å². The van der Waals surface area contributed by atoms with Crippen molar-refractivity contribution in [2.45, 2.75) is 26.3 Å². The number of nitrogens with zero attached hydrogens (tertiary/aromatic N) is 4. The maximum atomic E-state index is 11.4. The van der Waals surface area contributed by atoms with Gasteiger partial charge in [-0.15, -0.1) is 11.6 Å². The van der Waals surface area contributed by atoms with Gasteiger partial charge in [-0.2, -0.15) is 5.10 Å². The quantitative estimate of drug-likeness (QED) is 0.833. The maximum Gasteiger partial charge on any atom is 0.221 e. The summed E-state index contributed by atoms with van der Waals surface area (Å²) in [4.78, 5) is 16.0. The minimum absolute atomic E-state index is 0.0116. The largest absolute Gasteiger partial charge is 0.359 e. The molecule has 0 atom stereocenters. The van der Waals surface area contributed by atoms with E-state index in [-0.39, 0.29) is 5.91 Å². The number of aryl methyl sites for hydroxylation is 4. The van der Waals surface area contributed by atoms with Gasteiger partial charge in [-0.25, -0.2) is 4.98 Å². The molecular formula is C12H18ClN5O. The Kier molecular flexibility index (Phi) is 4.09. The smallest absolute Gasteiger partial charge is 0.221 e. The van der Waals surface area contributed by atoms with Crippen LogP contribution in [-0.2, 0) is 24.8 Å². The Hall–Kier alpha value is -1.56. The molecule has 0 aliphatic carbocycles. The summed E-state index contributed by atoms with van der Waals surface area (Å²) in [5, 5.41) is 6.98. The summed E-state index contributed by atoms with van der Waals surface area (Å²) in [5.74, 6) is 1.43. The van der Waals surface area contributed by atoms with Crippen LogP contribution >= 0.6 is 11.6 Å². The van der Waals surface area contributed by atoms with Crippen molar-refractivity contribution >= 4 is 28.7 Å². The second-order valence-corrected chi connectivity index (χ2v) is 4.80. The molecule has 0 radical (unpaired) electrons. The van der Waals surface area contributed by atoms with Crippen molar-refractivity contribution < 1.29 is 4.79 Å². The van der Waals surface area contributed by atoms with Crippen LogP contribution in [0.15, 0.2) is 0 Å². The first-order valence-corrected chi connectivity index (χ1v) is 6.77. The molecule has 0 saturated carbocycles. The number of hydrogen-bond acceptors (Lipinski definition) is 3. The molecule has 6 nitrogen and oxygen atoms in total. The van der Waals surface area contributed by atoms with E-state index in [2.05, 4.69) is 15.4 Å². The van der Waals surface area contributed by atoms with Crippen molar-refractivity contribution in [2.75, 3.05) is 12.9 Å². The molecule has 0 fully saturated rings. The van der Waals surface area contributed by atoms with E-state index in [9.17, 15) is 4.79 Å². The highest BCUT2D eigenvalue weighted by atomic mass is 35.5. The summed E-state index contributed by atoms with van der Waals surface area (Å²) in [7, 11) is 3.53. The molecule has 104 valence electrons. The lowest BCUT2D eigenvalue weighted by Gasteiger charge is -2.08. The molecule has 7 heteroatoms. The fourth-order valence-corrected chi connectivity index (χ4v) is 2.40. The Morgan fingerprint density at radius 1 is 1.47 bits per heavy atom. The third-order valence-corrected chi connectivity index (χ3v) is 3.32. The Balaban J connectivity index is 2.42. The molecule has 0 aliphatic heterocycles. The zero-order chi connectivity index (χ0) is 14.0. The molecule has 0 saturated heterocycles. The molecule has 0 spiro atoms. The van der Waals surface area contributed by atoms with Crippen LogP contribution in [0.3, 0.4) is 0 Å². The zero-order valence-electron chi connectivity index (χ0n) is 11.4. The van der Waals surface area contributed by atoms with Crippen LogP contribution in [0.25, 0.3) is 11.2 Å². The Morgan fingerprint density at radius 2 is 2.21 bits per heavy atom. The summed E-state index contributed by atoms with van der Waals surface area (Å²) in [6, 6.07) is 0. The van der Waals surface area contributed by atoms with Gasteiger partial charge in [0.1, 0.15) is 11.3 Å². The van der Waals surface area contributed by atoms with E-state index in [1.54, 1.807) is 11.7 Å². The van der Waals surface area contributed by atoms with Gasteiger partial charge < -0.3 is 9.88 Å². The molecule has 0 bridgehead atoms. The summed E-state index contributed by atoms with van der Waals surface area (Å²) in [6.45, 7) is 2.52. The zero-order valence-corrected chi connectivity index (χ0v) is 12.2. The van der Waals surface area contributed by atoms with Gasteiger partial charge in [-0.3, -0.25) is 9.48 Å². The van der Waals surface area contributed by atoms with Gasteiger partial charge in [0.05, 0.1) is 5.69 Å². The van der Waals surface area contributed by atoms with Gasteiger partial charge in [0.25, 0.3) is 0 Å². The molecule has 19 heavy (non-hydrogen) atoms. The fourth-order valence-electron chi connectivity index (χ4n) is 2.23. The predicted molar refractivity (Wildman–Crippen MR) is 74.3 cm³/mol. The maximum absolute atomic E-state index is 11.4. The monoisotopic (exact) mass is 283 g/mol. The van der Waals surface area contributed by atoms with Crippen LogP contribution in [0, 0.1) is 6.92 Å². The standard InChI is InChI=1S/C12H18ClN5O/c1-8-11-12(17(3)16-8)18(7-5-10(19)14-2)9(15-11)4-6-13/h4-7H2,1-3H3,(H,14,19). The minimum atomic E-state index is 0.0116. The Labute approximate surface area is 116 Å². The molecule has 2 rings (SSSR count). The lowest BCUT2D eigenvalue weighted by Crippen LogP contribution is -2.20. The van der Waals surface area contributed by atoms with Crippen LogP contribution < -0.4 is 5.32 Å². The highest BCUT2D eigenvalue weighted by Gasteiger charge is 2.17. The van der Waals surface area contributed by atoms with Crippen LogP contribution in [0.5, 0.6) is 0 Å². The molecule has 2 aromatic rings. The SMILES string of the molecule is CNC(=O)CCn1c(CCCl)nc2c(C)nn(C)c21. The van der Waals surface area contributed by atoms with E-state index in [1.165, 1.54) is 0 Å². The summed E-state index contributed by atoms with van der Waals surface area (Å²) in [5.41, 5.74) is 2.73. The number of rotatable bonds is 5. The van der Waals surface area contributed by atoms with Gasteiger partial charge in [-0.05, 0) is 6.92 Å². The van der Waals surface area contributed by atoms with Crippen LogP contribution in [0.4, 0.5) is 0 Å². The van der Waals surface area contributed by atoms with Crippen LogP contribution in [0.2, 0.25) is 0 Å². The first kappa shape index (κ1) is 13.9. The number of aromatic nitrogens is 4. The highest BCUT2D eigenvalue weighted by molar-refractivity contribution is 6.17. The van der Waals surface area contributed by atoms with Crippen molar-refractivity contribution in [2.24, 2.45) is 7.05 Å². The molecule has 1 N–H and O–H groups in total. The summed E-state index contributed by atoms with van der Waals surface area (Å²) >= 11 is 5.82. The van der Waals surface area contributed by atoms with Crippen LogP contribution in [0.1, 0.15) is 17.9 Å². The lowest BCUT2D eigenvalue weighted by atomic mass is 10.3. The molecule has 2 aromatic heterocycles. The molecule has 0 aromatic carbocycles. The first-order valence-electron chi connectivity index (χ1n) is 6.23. The number of hydrogen-bond donors (Lipinski definition) is 1. The lowest BCUT2D eigenvalue weighted by molar-refractivity contribution is -0.120. The topological polar surface area (TPSA) is 64.7 Å². The van der Waals surface area contributed by atoms with Gasteiger partial charge in [0.15, 0.2) is 5.65 Å². The highest BCUT2D eigenvalue weighted by Crippen LogP contribution is 2.20. The number of nitrogens with one attached hydrogen (secondary N) is 1. The van der Waals surface area contributed by atoms with Crippen LogP contribution in [-0.4, -0.2) is 38.2 Å². The number of imidazole rings is 1. The molecular weight excluding hydrogens is 266 g/mol. The summed E-state index contributed by atoms with van der Waals surface area (Å²) < 4.78 is 3.84. The van der Waals surface area contributed by atoms with E-state index in [0.29, 0.717) is 25.3 Å². The Bertz CT molecular complexity index is 601. The second-order valence-electron chi connectivity index (χ2n) is 4.42. The minimum Gasteiger partial charge on any atom is -0.359 e. The molecule has 2 heterocycles. The molecule has 1 amide bonds. The molecule has 0 unspecified atom stereocenters. The number of alkyl halides is 1. The first-order chi connectivity index (χ1) is 9.08. The van der Waals surface area contributed by atoms with Crippen molar-refractivity contribution in [3.63, 3.8) is 0 Å². The predicted octanol–water partition coefficient (Wildman–Crippen LogP) is 0.996. The van der Waals surface area contributed by atoms with E-state index in [0.717, 1.165) is 22.7 Å². The van der Waals surface area contributed by atoms with Crippen molar-refractivity contribution in [3.8, 4) is 0 Å².